The number of allylic oxidation sites excluding steroid dienone is 4. The van der Waals surface area contributed by atoms with Gasteiger partial charge in [0.1, 0.15) is 0 Å². The lowest BCUT2D eigenvalue weighted by atomic mass is 10.1. The maximum atomic E-state index is 10.3. The first-order chi connectivity index (χ1) is 8.77. The maximum Gasteiger partial charge on any atom is 0.303 e. The lowest BCUT2D eigenvalue weighted by Crippen LogP contribution is -1.93. The van der Waals surface area contributed by atoms with Crippen LogP contribution in [0, 0.1) is 0 Å². The van der Waals surface area contributed by atoms with Crippen LogP contribution in [0.15, 0.2) is 24.3 Å². The first kappa shape index (κ1) is 16.9. The van der Waals surface area contributed by atoms with Crippen LogP contribution in [0.25, 0.3) is 0 Å². The highest BCUT2D eigenvalue weighted by molar-refractivity contribution is 5.66. The van der Waals surface area contributed by atoms with E-state index in [0.29, 0.717) is 6.42 Å². The van der Waals surface area contributed by atoms with Crippen molar-refractivity contribution in [2.24, 2.45) is 0 Å². The summed E-state index contributed by atoms with van der Waals surface area (Å²) in [6.45, 7) is 2.23. The maximum absolute atomic E-state index is 10.3. The zero-order chi connectivity index (χ0) is 13.5. The smallest absolute Gasteiger partial charge is 0.303 e. The van der Waals surface area contributed by atoms with Gasteiger partial charge in [-0.25, -0.2) is 0 Å². The van der Waals surface area contributed by atoms with Gasteiger partial charge in [0.05, 0.1) is 0 Å². The normalized spacial score (nSPS) is 11.6. The van der Waals surface area contributed by atoms with Crippen molar-refractivity contribution >= 4 is 5.97 Å². The quantitative estimate of drug-likeness (QED) is 0.387. The van der Waals surface area contributed by atoms with E-state index in [0.717, 1.165) is 32.1 Å². The number of carboxylic acid groups (broad SMARTS) is 1. The Bertz CT molecular complexity index is 241. The van der Waals surface area contributed by atoms with E-state index < -0.39 is 5.97 Å². The van der Waals surface area contributed by atoms with E-state index in [1.807, 2.05) is 0 Å². The van der Waals surface area contributed by atoms with Crippen LogP contribution in [0.1, 0.15) is 71.1 Å². The van der Waals surface area contributed by atoms with Crippen molar-refractivity contribution < 1.29 is 9.90 Å². The van der Waals surface area contributed by atoms with Crippen molar-refractivity contribution in [1.29, 1.82) is 0 Å². The second-order valence-electron chi connectivity index (χ2n) is 4.67. The van der Waals surface area contributed by atoms with Crippen molar-refractivity contribution in [3.63, 3.8) is 0 Å². The second kappa shape index (κ2) is 14.0. The lowest BCUT2D eigenvalue weighted by molar-refractivity contribution is -0.137. The highest BCUT2D eigenvalue weighted by Gasteiger charge is 1.94. The van der Waals surface area contributed by atoms with Crippen molar-refractivity contribution in [2.45, 2.75) is 71.1 Å². The van der Waals surface area contributed by atoms with Gasteiger partial charge in [-0.15, -0.1) is 0 Å². The Morgan fingerprint density at radius 1 is 0.889 bits per heavy atom. The molecular formula is C16H28O2. The summed E-state index contributed by atoms with van der Waals surface area (Å²) in [4.78, 5) is 10.3. The molecule has 0 rings (SSSR count). The molecule has 0 aliphatic rings. The highest BCUT2D eigenvalue weighted by atomic mass is 16.4. The summed E-state index contributed by atoms with van der Waals surface area (Å²) in [5, 5.41) is 8.47. The zero-order valence-corrected chi connectivity index (χ0v) is 11.7. The Balaban J connectivity index is 3.20. The summed E-state index contributed by atoms with van der Waals surface area (Å²) < 4.78 is 0. The average molecular weight is 252 g/mol. The molecule has 0 aliphatic heterocycles. The second-order valence-corrected chi connectivity index (χ2v) is 4.67. The van der Waals surface area contributed by atoms with Crippen molar-refractivity contribution in [3.8, 4) is 0 Å². The number of carbonyl (C=O) groups is 1. The van der Waals surface area contributed by atoms with Gasteiger partial charge in [-0.05, 0) is 38.5 Å². The largest absolute Gasteiger partial charge is 0.481 e. The molecule has 1 N–H and O–H groups in total. The molecule has 104 valence electrons. The summed E-state index contributed by atoms with van der Waals surface area (Å²) >= 11 is 0. The molecule has 0 amide bonds. The molecule has 0 fully saturated rings. The van der Waals surface area contributed by atoms with Crippen molar-refractivity contribution in [2.75, 3.05) is 0 Å². The Hall–Kier alpha value is -1.05. The van der Waals surface area contributed by atoms with E-state index in [9.17, 15) is 4.79 Å². The first-order valence-electron chi connectivity index (χ1n) is 7.29. The van der Waals surface area contributed by atoms with Crippen molar-refractivity contribution in [1.82, 2.24) is 0 Å². The number of hydrogen-bond donors (Lipinski definition) is 1. The molecule has 2 heteroatoms. The van der Waals surface area contributed by atoms with Crippen LogP contribution in [-0.4, -0.2) is 11.1 Å². The summed E-state index contributed by atoms with van der Waals surface area (Å²) in [7, 11) is 0. The topological polar surface area (TPSA) is 37.3 Å². The predicted octanol–water partition coefficient (Wildman–Crippen LogP) is 5.10. The number of aliphatic carboxylic acids is 1. The molecule has 0 unspecified atom stereocenters. The Kier molecular flexibility index (Phi) is 13.2. The van der Waals surface area contributed by atoms with Crippen LogP contribution in [0.3, 0.4) is 0 Å². The van der Waals surface area contributed by atoms with Crippen LogP contribution in [-0.2, 0) is 4.79 Å². The first-order valence-corrected chi connectivity index (χ1v) is 7.29. The number of unbranched alkanes of at least 4 members (excludes halogenated alkanes) is 6. The van der Waals surface area contributed by atoms with E-state index in [-0.39, 0.29) is 0 Å². The van der Waals surface area contributed by atoms with Gasteiger partial charge in [-0.3, -0.25) is 4.79 Å². The lowest BCUT2D eigenvalue weighted by Gasteiger charge is -1.95. The number of rotatable bonds is 12. The van der Waals surface area contributed by atoms with Gasteiger partial charge in [0.25, 0.3) is 0 Å². The fourth-order valence-corrected chi connectivity index (χ4v) is 1.73. The standard InChI is InChI=1S/C16H28O2/c1-2-3-4-5-6-7-8-9-10-11-12-13-14-15-16(17)18/h6-7,9-10H,2-5,8,11-15H2,1H3,(H,17,18)/b7-6-,10-9-. The molecule has 0 atom stereocenters. The third-order valence-corrected chi connectivity index (χ3v) is 2.84. The van der Waals surface area contributed by atoms with Crippen LogP contribution in [0.5, 0.6) is 0 Å². The van der Waals surface area contributed by atoms with Gasteiger partial charge in [-0.2, -0.15) is 0 Å². The van der Waals surface area contributed by atoms with Crippen LogP contribution >= 0.6 is 0 Å². The van der Waals surface area contributed by atoms with E-state index >= 15 is 0 Å². The number of hydrogen-bond acceptors (Lipinski definition) is 1. The van der Waals surface area contributed by atoms with Crippen LogP contribution in [0.2, 0.25) is 0 Å². The fourth-order valence-electron chi connectivity index (χ4n) is 1.73. The third kappa shape index (κ3) is 14.9. The number of carboxylic acids is 1. The molecular weight excluding hydrogens is 224 g/mol. The molecule has 0 saturated carbocycles. The molecule has 0 spiro atoms. The van der Waals surface area contributed by atoms with Gasteiger partial charge in [-0.1, -0.05) is 50.5 Å². The minimum absolute atomic E-state index is 0.310. The average Bonchev–Trinajstić information content (AvgIpc) is 2.34. The highest BCUT2D eigenvalue weighted by Crippen LogP contribution is 2.04. The summed E-state index contributed by atoms with van der Waals surface area (Å²) in [5.74, 6) is -0.682. The van der Waals surface area contributed by atoms with Gasteiger partial charge in [0.15, 0.2) is 0 Å². The van der Waals surface area contributed by atoms with E-state index in [4.69, 9.17) is 5.11 Å². The van der Waals surface area contributed by atoms with Gasteiger partial charge >= 0.3 is 5.97 Å². The van der Waals surface area contributed by atoms with Crippen molar-refractivity contribution in [3.05, 3.63) is 24.3 Å². The Labute approximate surface area is 112 Å². The molecule has 0 bridgehead atoms. The third-order valence-electron chi connectivity index (χ3n) is 2.84. The fraction of sp³-hybridized carbons (Fsp3) is 0.688. The summed E-state index contributed by atoms with van der Waals surface area (Å²) in [6.07, 6.45) is 19.4. The molecule has 0 saturated heterocycles. The monoisotopic (exact) mass is 252 g/mol. The zero-order valence-electron chi connectivity index (χ0n) is 11.7. The van der Waals surface area contributed by atoms with Gasteiger partial charge in [0, 0.05) is 6.42 Å². The molecule has 0 aromatic heterocycles. The summed E-state index contributed by atoms with van der Waals surface area (Å²) in [6, 6.07) is 0. The van der Waals surface area contributed by atoms with Crippen LogP contribution < -0.4 is 0 Å². The van der Waals surface area contributed by atoms with E-state index in [1.54, 1.807) is 0 Å². The van der Waals surface area contributed by atoms with Crippen LogP contribution in [0.4, 0.5) is 0 Å². The minimum Gasteiger partial charge on any atom is -0.481 e. The Morgan fingerprint density at radius 2 is 1.50 bits per heavy atom. The molecule has 0 heterocycles. The van der Waals surface area contributed by atoms with E-state index in [2.05, 4.69) is 31.2 Å². The van der Waals surface area contributed by atoms with Gasteiger partial charge < -0.3 is 5.11 Å². The molecule has 0 aromatic carbocycles. The Morgan fingerprint density at radius 3 is 2.06 bits per heavy atom. The molecule has 0 aliphatic carbocycles. The van der Waals surface area contributed by atoms with Gasteiger partial charge in [0.2, 0.25) is 0 Å². The molecule has 0 radical (unpaired) electrons. The molecule has 0 aromatic rings. The summed E-state index contributed by atoms with van der Waals surface area (Å²) in [5.41, 5.74) is 0. The van der Waals surface area contributed by atoms with E-state index in [1.165, 1.54) is 25.7 Å². The minimum atomic E-state index is -0.682. The molecule has 2 nitrogen and oxygen atoms in total. The predicted molar refractivity (Wildman–Crippen MR) is 77.8 cm³/mol. The molecule has 18 heavy (non-hydrogen) atoms. The SMILES string of the molecule is CCCCC/C=C\C/C=C\CCCCCC(=O)O.